The molecule has 11 heteroatoms. The molecular weight excluding hydrogens is 416 g/mol. The summed E-state index contributed by atoms with van der Waals surface area (Å²) in [5, 5.41) is 8.69. The van der Waals surface area contributed by atoms with Gasteiger partial charge in [-0.3, -0.25) is 14.4 Å². The van der Waals surface area contributed by atoms with Gasteiger partial charge in [-0.05, 0) is 6.92 Å². The van der Waals surface area contributed by atoms with E-state index in [-0.39, 0.29) is 19.3 Å². The first kappa shape index (κ1) is 26.1. The zero-order chi connectivity index (χ0) is 23.8. The highest BCUT2D eigenvalue weighted by atomic mass is 16.8. The van der Waals surface area contributed by atoms with Gasteiger partial charge in [-0.2, -0.15) is 0 Å². The van der Waals surface area contributed by atoms with Gasteiger partial charge in [0.2, 0.25) is 6.10 Å². The van der Waals surface area contributed by atoms with E-state index in [2.05, 4.69) is 0 Å². The largest absolute Gasteiger partial charge is 0.478 e. The third-order valence-corrected chi connectivity index (χ3v) is 4.35. The molecule has 0 aromatic heterocycles. The highest BCUT2D eigenvalue weighted by molar-refractivity contribution is 5.90. The van der Waals surface area contributed by atoms with Gasteiger partial charge >= 0.3 is 29.8 Å². The molecule has 1 fully saturated rings. The van der Waals surface area contributed by atoms with Crippen molar-refractivity contribution in [1.29, 1.82) is 0 Å². The number of ether oxygens (including phenoxy) is 5. The molecule has 0 saturated carbocycles. The quantitative estimate of drug-likeness (QED) is 0.311. The van der Waals surface area contributed by atoms with E-state index < -0.39 is 60.0 Å². The van der Waals surface area contributed by atoms with Crippen molar-refractivity contribution in [2.45, 2.75) is 84.1 Å². The van der Waals surface area contributed by atoms with E-state index in [0.29, 0.717) is 12.2 Å². The van der Waals surface area contributed by atoms with Crippen LogP contribution in [0.3, 0.4) is 0 Å². The van der Waals surface area contributed by atoms with Gasteiger partial charge in [0.05, 0.1) is 0 Å². The van der Waals surface area contributed by atoms with E-state index in [9.17, 15) is 24.0 Å². The zero-order valence-electron chi connectivity index (χ0n) is 18.1. The summed E-state index contributed by atoms with van der Waals surface area (Å²) in [6.45, 7) is 7.40. The van der Waals surface area contributed by atoms with Gasteiger partial charge in [-0.25, -0.2) is 9.59 Å². The molecule has 0 radical (unpaired) electrons. The van der Waals surface area contributed by atoms with Crippen LogP contribution in [0.5, 0.6) is 0 Å². The van der Waals surface area contributed by atoms with Crippen LogP contribution in [-0.4, -0.2) is 65.2 Å². The summed E-state index contributed by atoms with van der Waals surface area (Å²) in [5.41, 5.74) is 0. The van der Waals surface area contributed by atoms with E-state index in [4.69, 9.17) is 28.8 Å². The number of carboxylic acids is 1. The number of esters is 4. The molecule has 5 atom stereocenters. The molecule has 0 aromatic carbocycles. The Balaban J connectivity index is 3.39. The van der Waals surface area contributed by atoms with Crippen LogP contribution in [0, 0.1) is 0 Å². The first-order valence-electron chi connectivity index (χ1n) is 9.87. The van der Waals surface area contributed by atoms with E-state index in [0.717, 1.165) is 0 Å². The molecule has 174 valence electrons. The Morgan fingerprint density at radius 3 is 1.84 bits per heavy atom. The second-order valence-electron chi connectivity index (χ2n) is 6.81. The molecule has 1 aliphatic heterocycles. The van der Waals surface area contributed by atoms with E-state index in [1.54, 1.807) is 13.8 Å². The second-order valence-corrected chi connectivity index (χ2v) is 6.81. The summed E-state index contributed by atoms with van der Waals surface area (Å²) >= 11 is 0. The number of carbonyl (C=O) groups is 5. The van der Waals surface area contributed by atoms with Crippen molar-refractivity contribution in [3.63, 3.8) is 0 Å². The molecule has 1 saturated heterocycles. The highest BCUT2D eigenvalue weighted by Gasteiger charge is 2.59. The monoisotopic (exact) mass is 444 g/mol. The number of carboxylic acid groups (broad SMARTS) is 1. The van der Waals surface area contributed by atoms with E-state index >= 15 is 0 Å². The Labute approximate surface area is 179 Å². The lowest BCUT2D eigenvalue weighted by molar-refractivity contribution is -0.340. The molecule has 1 aliphatic rings. The topological polar surface area (TPSA) is 152 Å². The molecule has 0 unspecified atom stereocenters. The molecule has 0 aliphatic carbocycles. The highest BCUT2D eigenvalue weighted by Crippen LogP contribution is 2.37. The smallest absolute Gasteiger partial charge is 0.333 e. The molecule has 0 spiro atoms. The van der Waals surface area contributed by atoms with Crippen LogP contribution in [0.15, 0.2) is 12.2 Å². The molecular formula is C20H28O11. The maximum Gasteiger partial charge on any atom is 0.333 e. The summed E-state index contributed by atoms with van der Waals surface area (Å²) in [6, 6.07) is 0. The minimum absolute atomic E-state index is 0.0214. The third kappa shape index (κ3) is 7.35. The van der Waals surface area contributed by atoms with Crippen LogP contribution in [0.4, 0.5) is 0 Å². The Hall–Kier alpha value is -2.95. The van der Waals surface area contributed by atoms with Crippen molar-refractivity contribution in [3.05, 3.63) is 12.2 Å². The van der Waals surface area contributed by atoms with Crippen molar-refractivity contribution in [2.75, 3.05) is 0 Å². The van der Waals surface area contributed by atoms with Crippen molar-refractivity contribution in [2.24, 2.45) is 0 Å². The standard InChI is InChI=1S/C20H28O11/c1-6-13(23)27-17-11(4)30-20(5,31-16(26)10-9-12(21)22)19(29-15(25)8-3)18(17)28-14(24)7-2/h9-11,17-19H,6-8H2,1-5H3,(H,21,22)/b10-9+/t11-,17+,18+,19-,20+/m0/s1. The number of hydrogen-bond acceptors (Lipinski definition) is 10. The van der Waals surface area contributed by atoms with Gasteiger partial charge in [-0.1, -0.05) is 20.8 Å². The summed E-state index contributed by atoms with van der Waals surface area (Å²) in [4.78, 5) is 58.9. The van der Waals surface area contributed by atoms with Crippen molar-refractivity contribution < 1.29 is 52.8 Å². The van der Waals surface area contributed by atoms with Crippen molar-refractivity contribution in [3.8, 4) is 0 Å². The first-order valence-corrected chi connectivity index (χ1v) is 9.87. The van der Waals surface area contributed by atoms with Gasteiger partial charge in [0.1, 0.15) is 6.10 Å². The Kier molecular flexibility index (Phi) is 9.63. The van der Waals surface area contributed by atoms with Gasteiger partial charge in [0, 0.05) is 38.3 Å². The average Bonchev–Trinajstić information content (AvgIpc) is 2.71. The van der Waals surface area contributed by atoms with Crippen LogP contribution < -0.4 is 0 Å². The number of hydrogen-bond donors (Lipinski definition) is 1. The summed E-state index contributed by atoms with van der Waals surface area (Å²) in [6.07, 6.45) is -3.77. The van der Waals surface area contributed by atoms with Crippen LogP contribution in [-0.2, 0) is 47.7 Å². The Bertz CT molecular complexity index is 729. The van der Waals surface area contributed by atoms with Crippen LogP contribution >= 0.6 is 0 Å². The molecule has 0 amide bonds. The van der Waals surface area contributed by atoms with Crippen LogP contribution in [0.2, 0.25) is 0 Å². The lowest BCUT2D eigenvalue weighted by Crippen LogP contribution is -2.66. The molecule has 1 rings (SSSR count). The zero-order valence-corrected chi connectivity index (χ0v) is 18.1. The molecule has 11 nitrogen and oxygen atoms in total. The fourth-order valence-electron chi connectivity index (χ4n) is 2.86. The third-order valence-electron chi connectivity index (χ3n) is 4.35. The maximum atomic E-state index is 12.1. The first-order chi connectivity index (χ1) is 14.5. The van der Waals surface area contributed by atoms with Crippen LogP contribution in [0.1, 0.15) is 53.9 Å². The SMILES string of the molecule is CCC(=O)O[C@@H]1[C@H](OC(=O)CC)[C@H](C)O[C@](C)(OC(=O)/C=C/C(=O)O)[C@H]1OC(=O)CC. The average molecular weight is 444 g/mol. The normalized spacial score (nSPS) is 27.9. The minimum atomic E-state index is -1.97. The maximum absolute atomic E-state index is 12.1. The predicted molar refractivity (Wildman–Crippen MR) is 102 cm³/mol. The summed E-state index contributed by atoms with van der Waals surface area (Å²) in [7, 11) is 0. The number of aliphatic carboxylic acids is 1. The number of rotatable bonds is 9. The van der Waals surface area contributed by atoms with Gasteiger partial charge in [0.15, 0.2) is 12.2 Å². The van der Waals surface area contributed by atoms with Crippen LogP contribution in [0.25, 0.3) is 0 Å². The van der Waals surface area contributed by atoms with E-state index in [1.807, 2.05) is 0 Å². The Morgan fingerprint density at radius 2 is 1.35 bits per heavy atom. The summed E-state index contributed by atoms with van der Waals surface area (Å²) < 4.78 is 27.2. The van der Waals surface area contributed by atoms with Gasteiger partial charge < -0.3 is 28.8 Å². The minimum Gasteiger partial charge on any atom is -0.478 e. The summed E-state index contributed by atoms with van der Waals surface area (Å²) in [5.74, 6) is -6.45. The predicted octanol–water partition coefficient (Wildman–Crippen LogP) is 1.27. The van der Waals surface area contributed by atoms with Gasteiger partial charge in [-0.15, -0.1) is 0 Å². The molecule has 1 N–H and O–H groups in total. The fourth-order valence-corrected chi connectivity index (χ4v) is 2.86. The van der Waals surface area contributed by atoms with Crippen molar-refractivity contribution >= 4 is 29.8 Å². The molecule has 0 aromatic rings. The fraction of sp³-hybridized carbons (Fsp3) is 0.650. The second kappa shape index (κ2) is 11.4. The molecule has 1 heterocycles. The lowest BCUT2D eigenvalue weighted by atomic mass is 9.92. The van der Waals surface area contributed by atoms with E-state index in [1.165, 1.54) is 20.8 Å². The molecule has 31 heavy (non-hydrogen) atoms. The van der Waals surface area contributed by atoms with Crippen molar-refractivity contribution in [1.82, 2.24) is 0 Å². The molecule has 0 bridgehead atoms. The van der Waals surface area contributed by atoms with Gasteiger partial charge in [0.25, 0.3) is 5.79 Å². The number of carbonyl (C=O) groups excluding carboxylic acids is 4. The lowest BCUT2D eigenvalue weighted by Gasteiger charge is -2.48. The Morgan fingerprint density at radius 1 is 0.871 bits per heavy atom.